The third kappa shape index (κ3) is 2.43. The number of allylic oxidation sites excluding steroid dienone is 2. The first-order valence-corrected chi connectivity index (χ1v) is 6.14. The van der Waals surface area contributed by atoms with Crippen LogP contribution in [-0.4, -0.2) is 30.3 Å². The molecule has 1 fully saturated rings. The smallest absolute Gasteiger partial charge is 0.185 e. The molecular formula is C14H21NO. The van der Waals surface area contributed by atoms with Crippen molar-refractivity contribution in [2.75, 3.05) is 19.6 Å². The highest BCUT2D eigenvalue weighted by Gasteiger charge is 2.29. The van der Waals surface area contributed by atoms with Crippen LogP contribution in [0.25, 0.3) is 0 Å². The van der Waals surface area contributed by atoms with E-state index in [0.29, 0.717) is 0 Å². The summed E-state index contributed by atoms with van der Waals surface area (Å²) in [6, 6.07) is 0. The Kier molecular flexibility index (Phi) is 3.02. The number of likely N-dealkylation sites (tertiary alicyclic amines) is 1. The molecule has 0 N–H and O–H groups in total. The first kappa shape index (κ1) is 11.6. The molecule has 0 aromatic carbocycles. The number of carbonyl (C=O) groups excluding carboxylic acids is 1. The van der Waals surface area contributed by atoms with Crippen molar-refractivity contribution in [1.29, 1.82) is 0 Å². The summed E-state index contributed by atoms with van der Waals surface area (Å²) in [5.74, 6) is 0.186. The lowest BCUT2D eigenvalue weighted by molar-refractivity contribution is -0.113. The van der Waals surface area contributed by atoms with Crippen LogP contribution in [0.4, 0.5) is 0 Å². The second kappa shape index (κ2) is 4.17. The number of rotatable bonds is 2. The molecule has 0 amide bonds. The number of nitrogens with zero attached hydrogens (tertiary/aromatic N) is 1. The molecule has 0 aromatic rings. The number of hydrogen-bond acceptors (Lipinski definition) is 2. The quantitative estimate of drug-likeness (QED) is 0.665. The molecule has 0 bridgehead atoms. The van der Waals surface area contributed by atoms with E-state index in [1.165, 1.54) is 12.8 Å². The maximum atomic E-state index is 12.0. The van der Waals surface area contributed by atoms with Gasteiger partial charge in [0.1, 0.15) is 0 Å². The molecule has 16 heavy (non-hydrogen) atoms. The molecule has 0 spiro atoms. The van der Waals surface area contributed by atoms with Gasteiger partial charge >= 0.3 is 0 Å². The fourth-order valence-corrected chi connectivity index (χ4v) is 2.74. The van der Waals surface area contributed by atoms with Gasteiger partial charge in [-0.3, -0.25) is 9.69 Å². The van der Waals surface area contributed by atoms with E-state index >= 15 is 0 Å². The average molecular weight is 219 g/mol. The molecule has 0 unspecified atom stereocenters. The van der Waals surface area contributed by atoms with Crippen LogP contribution in [0.5, 0.6) is 0 Å². The van der Waals surface area contributed by atoms with Crippen molar-refractivity contribution in [2.24, 2.45) is 5.41 Å². The van der Waals surface area contributed by atoms with E-state index in [4.69, 9.17) is 0 Å². The summed E-state index contributed by atoms with van der Waals surface area (Å²) in [6.45, 7) is 11.4. The van der Waals surface area contributed by atoms with Gasteiger partial charge in [0.25, 0.3) is 0 Å². The first-order valence-electron chi connectivity index (χ1n) is 6.14. The van der Waals surface area contributed by atoms with Gasteiger partial charge < -0.3 is 0 Å². The zero-order chi connectivity index (χ0) is 11.8. The Bertz CT molecular complexity index is 346. The number of Topliss-reactive ketones (excluding diaryl/α,β-unsaturated/α-hetero) is 1. The molecule has 0 saturated carbocycles. The van der Waals surface area contributed by atoms with E-state index in [2.05, 4.69) is 31.4 Å². The maximum Gasteiger partial charge on any atom is 0.185 e. The summed E-state index contributed by atoms with van der Waals surface area (Å²) in [7, 11) is 0. The van der Waals surface area contributed by atoms with Gasteiger partial charge in [0.2, 0.25) is 0 Å². The highest BCUT2D eigenvalue weighted by atomic mass is 16.1. The van der Waals surface area contributed by atoms with Crippen molar-refractivity contribution in [2.45, 2.75) is 33.1 Å². The second-order valence-corrected chi connectivity index (χ2v) is 5.75. The molecule has 0 atom stereocenters. The second-order valence-electron chi connectivity index (χ2n) is 5.75. The van der Waals surface area contributed by atoms with Gasteiger partial charge in [-0.2, -0.15) is 0 Å². The van der Waals surface area contributed by atoms with Crippen molar-refractivity contribution >= 4 is 5.78 Å². The average Bonchev–Trinajstić information content (AvgIpc) is 2.65. The standard InChI is InChI=1S/C14H21NO/c1-11-8-14(2,3)9-12(13(11)16)10-15-6-4-5-7-15/h9H,1,4-8,10H2,2-3H3. The van der Waals surface area contributed by atoms with E-state index in [9.17, 15) is 4.79 Å². The number of hydrogen-bond donors (Lipinski definition) is 0. The monoisotopic (exact) mass is 219 g/mol. The predicted molar refractivity (Wildman–Crippen MR) is 66.3 cm³/mol. The molecule has 1 aliphatic heterocycles. The van der Waals surface area contributed by atoms with Crippen LogP contribution in [0.1, 0.15) is 33.1 Å². The lowest BCUT2D eigenvalue weighted by Crippen LogP contribution is -2.30. The number of carbonyl (C=O) groups is 1. The molecule has 1 aliphatic carbocycles. The summed E-state index contributed by atoms with van der Waals surface area (Å²) >= 11 is 0. The zero-order valence-corrected chi connectivity index (χ0v) is 10.4. The minimum Gasteiger partial charge on any atom is -0.299 e. The molecule has 0 radical (unpaired) electrons. The topological polar surface area (TPSA) is 20.3 Å². The minimum atomic E-state index is 0.0973. The van der Waals surface area contributed by atoms with Crippen molar-refractivity contribution < 1.29 is 4.79 Å². The van der Waals surface area contributed by atoms with E-state index in [1.54, 1.807) is 0 Å². The molecule has 2 rings (SSSR count). The van der Waals surface area contributed by atoms with Gasteiger partial charge in [-0.1, -0.05) is 26.5 Å². The normalized spacial score (nSPS) is 26.0. The minimum absolute atomic E-state index is 0.0973. The molecule has 0 aromatic heterocycles. The number of ketones is 1. The van der Waals surface area contributed by atoms with Crippen molar-refractivity contribution in [3.8, 4) is 0 Å². The Hall–Kier alpha value is -0.890. The van der Waals surface area contributed by atoms with Gasteiger partial charge in [-0.05, 0) is 43.3 Å². The van der Waals surface area contributed by atoms with Gasteiger partial charge in [0.05, 0.1) is 0 Å². The summed E-state index contributed by atoms with van der Waals surface area (Å²) in [5.41, 5.74) is 1.84. The Morgan fingerprint density at radius 2 is 2.00 bits per heavy atom. The summed E-state index contributed by atoms with van der Waals surface area (Å²) in [4.78, 5) is 14.4. The summed E-state index contributed by atoms with van der Waals surface area (Å²) in [5, 5.41) is 0. The highest BCUT2D eigenvalue weighted by Crippen LogP contribution is 2.34. The molecular weight excluding hydrogens is 198 g/mol. The Labute approximate surface area is 98.0 Å². The molecule has 2 heteroatoms. The summed E-state index contributed by atoms with van der Waals surface area (Å²) in [6.07, 6.45) is 5.50. The maximum absolute atomic E-state index is 12.0. The van der Waals surface area contributed by atoms with Crippen LogP contribution in [-0.2, 0) is 4.79 Å². The molecule has 2 aliphatic rings. The predicted octanol–water partition coefficient (Wildman–Crippen LogP) is 2.56. The Morgan fingerprint density at radius 1 is 1.38 bits per heavy atom. The van der Waals surface area contributed by atoms with E-state index in [1.807, 2.05) is 0 Å². The van der Waals surface area contributed by atoms with Crippen LogP contribution < -0.4 is 0 Å². The van der Waals surface area contributed by atoms with Crippen LogP contribution in [0.2, 0.25) is 0 Å². The van der Waals surface area contributed by atoms with Crippen LogP contribution in [0.3, 0.4) is 0 Å². The van der Waals surface area contributed by atoms with E-state index < -0.39 is 0 Å². The van der Waals surface area contributed by atoms with Crippen LogP contribution in [0.15, 0.2) is 23.8 Å². The van der Waals surface area contributed by atoms with Crippen LogP contribution >= 0.6 is 0 Å². The van der Waals surface area contributed by atoms with Crippen molar-refractivity contribution in [1.82, 2.24) is 4.90 Å². The first-order chi connectivity index (χ1) is 7.48. The van der Waals surface area contributed by atoms with E-state index in [0.717, 1.165) is 37.2 Å². The fraction of sp³-hybridized carbons (Fsp3) is 0.643. The van der Waals surface area contributed by atoms with Gasteiger partial charge in [0.15, 0.2) is 5.78 Å². The molecule has 2 nitrogen and oxygen atoms in total. The van der Waals surface area contributed by atoms with Gasteiger partial charge in [0, 0.05) is 12.1 Å². The van der Waals surface area contributed by atoms with Crippen molar-refractivity contribution in [3.63, 3.8) is 0 Å². The largest absolute Gasteiger partial charge is 0.299 e. The fourth-order valence-electron chi connectivity index (χ4n) is 2.74. The third-order valence-electron chi connectivity index (χ3n) is 3.44. The lowest BCUT2D eigenvalue weighted by Gasteiger charge is -2.29. The van der Waals surface area contributed by atoms with Gasteiger partial charge in [-0.15, -0.1) is 0 Å². The summed E-state index contributed by atoms with van der Waals surface area (Å²) < 4.78 is 0. The zero-order valence-electron chi connectivity index (χ0n) is 10.4. The SMILES string of the molecule is C=C1CC(C)(C)C=C(CN2CCCC2)C1=O. The van der Waals surface area contributed by atoms with E-state index in [-0.39, 0.29) is 11.2 Å². The lowest BCUT2D eigenvalue weighted by atomic mass is 9.77. The highest BCUT2D eigenvalue weighted by molar-refractivity contribution is 6.09. The Balaban J connectivity index is 2.13. The molecule has 88 valence electrons. The Morgan fingerprint density at radius 3 is 2.62 bits per heavy atom. The van der Waals surface area contributed by atoms with Gasteiger partial charge in [-0.25, -0.2) is 0 Å². The third-order valence-corrected chi connectivity index (χ3v) is 3.44. The van der Waals surface area contributed by atoms with Crippen molar-refractivity contribution in [3.05, 3.63) is 23.8 Å². The molecule has 1 saturated heterocycles. The van der Waals surface area contributed by atoms with Crippen LogP contribution in [0, 0.1) is 5.41 Å². The molecule has 1 heterocycles.